The molecule has 6 fully saturated rings. The Morgan fingerprint density at radius 1 is 0.423 bits per heavy atom. The maximum atomic E-state index is 15.4. The van der Waals surface area contributed by atoms with E-state index in [-0.39, 0.29) is 101 Å². The summed E-state index contributed by atoms with van der Waals surface area (Å²) in [5, 5.41) is 5.63. The average molecular weight is 1850 g/mol. The molecule has 6 atom stereocenters. The molecular weight excluding hydrogens is 1760 g/mol. The molecule has 3 amide bonds. The molecule has 0 unspecified atom stereocenters. The van der Waals surface area contributed by atoms with Crippen LogP contribution in [0.1, 0.15) is 179 Å². The van der Waals surface area contributed by atoms with Crippen LogP contribution in [-0.2, 0) is 64.8 Å². The van der Waals surface area contributed by atoms with Gasteiger partial charge in [0.2, 0.25) is 53.9 Å². The van der Waals surface area contributed by atoms with E-state index >= 15 is 13.2 Å². The highest BCUT2D eigenvalue weighted by Crippen LogP contribution is 2.54. The number of carbonyl (C=O) groups is 7. The van der Waals surface area contributed by atoms with Crippen LogP contribution < -0.4 is 45.5 Å². The number of aromatic nitrogens is 3. The zero-order valence-corrected chi connectivity index (χ0v) is 72.9. The van der Waals surface area contributed by atoms with E-state index in [9.17, 15) is 56.3 Å². The number of esters is 2. The number of fused-ring (bicyclic) bond motifs is 12. The highest BCUT2D eigenvalue weighted by atomic mass is 32.2. The summed E-state index contributed by atoms with van der Waals surface area (Å²) in [5.41, 5.74) is 1.52. The van der Waals surface area contributed by atoms with Crippen LogP contribution in [0.5, 0.6) is 17.2 Å². The van der Waals surface area contributed by atoms with Crippen LogP contribution in [0, 0.1) is 34.9 Å². The second-order valence-corrected chi connectivity index (χ2v) is 35.9. The van der Waals surface area contributed by atoms with Crippen LogP contribution >= 0.6 is 35.3 Å². The van der Waals surface area contributed by atoms with E-state index in [1.807, 2.05) is 94.7 Å². The number of hydrogen-bond acceptors (Lipinski definition) is 26. The Labute approximate surface area is 751 Å². The predicted octanol–water partition coefficient (Wildman–Crippen LogP) is 12.7. The Hall–Kier alpha value is -12.2. The van der Waals surface area contributed by atoms with E-state index in [4.69, 9.17) is 52.2 Å². The van der Waals surface area contributed by atoms with E-state index in [1.54, 1.807) is 42.3 Å². The van der Waals surface area contributed by atoms with Gasteiger partial charge in [-0.25, -0.2) is 31.1 Å². The minimum absolute atomic E-state index is 0.0443. The fraction of sp³-hybridized carbons (Fsp3) is 0.370. The van der Waals surface area contributed by atoms with Gasteiger partial charge in [-0.1, -0.05) is 86.1 Å². The van der Waals surface area contributed by atoms with E-state index in [1.165, 1.54) is 97.5 Å². The highest BCUT2D eigenvalue weighted by Gasteiger charge is 2.60. The van der Waals surface area contributed by atoms with Crippen molar-refractivity contribution in [2.24, 2.45) is 0 Å². The fourth-order valence-electron chi connectivity index (χ4n) is 18.0. The molecule has 9 aromatic rings. The Morgan fingerprint density at radius 2 is 0.723 bits per heavy atom. The molecule has 0 bridgehead atoms. The van der Waals surface area contributed by atoms with E-state index < -0.39 is 161 Å². The maximum absolute atomic E-state index is 15.4. The number of pyridine rings is 3. The molecule has 678 valence electrons. The number of ether oxygens (including phenoxy) is 10. The van der Waals surface area contributed by atoms with E-state index in [0.717, 1.165) is 101 Å². The fourth-order valence-corrected chi connectivity index (χ4v) is 21.4. The van der Waals surface area contributed by atoms with E-state index in [2.05, 4.69) is 0 Å². The van der Waals surface area contributed by atoms with Crippen LogP contribution in [0.2, 0.25) is 0 Å². The molecule has 0 radical (unpaired) electrons. The second-order valence-electron chi connectivity index (χ2n) is 32.8. The number of morpholine rings is 3. The number of hydrogen-bond donors (Lipinski definition) is 0. The first-order valence-electron chi connectivity index (χ1n) is 42.2. The zero-order valence-electron chi connectivity index (χ0n) is 70.4. The second kappa shape index (κ2) is 35.9. The number of rotatable bonds is 15. The van der Waals surface area contributed by atoms with Crippen molar-refractivity contribution >= 4 is 77.4 Å². The summed E-state index contributed by atoms with van der Waals surface area (Å²) in [5.74, 6) is -8.32. The van der Waals surface area contributed by atoms with Gasteiger partial charge < -0.3 is 66.9 Å². The quantitative estimate of drug-likeness (QED) is 0.0230. The van der Waals surface area contributed by atoms with Gasteiger partial charge in [0, 0.05) is 99.3 Å². The summed E-state index contributed by atoms with van der Waals surface area (Å²) < 4.78 is 150. The molecule has 3 spiro atoms. The van der Waals surface area contributed by atoms with Crippen molar-refractivity contribution in [1.29, 1.82) is 0 Å². The lowest BCUT2D eigenvalue weighted by Gasteiger charge is -2.53. The van der Waals surface area contributed by atoms with Crippen LogP contribution in [0.4, 0.5) is 31.1 Å². The van der Waals surface area contributed by atoms with Crippen LogP contribution in [0.25, 0.3) is 0 Å². The Kier molecular flexibility index (Phi) is 24.4. The molecule has 3 aromatic heterocycles. The first kappa shape index (κ1) is 88.4. The molecule has 6 aromatic carbocycles. The van der Waals surface area contributed by atoms with Crippen LogP contribution in [-0.4, -0.2) is 173 Å². The standard InChI is InChI=1S/C32H31F2N3O7S.2C29H25F2N3O6S.C2H4O/c1-2-3-14-41-31(40)43-18-42-29-23(38)10-13-36-28(29)30(39)35-17-32(11-12-32)44-15-25(35)37(36)27-19-8-9-22(33)26(34)21(19)16-45-24-7-5-4-6-20(24)27;2*1-16(35)38-15-39-27-21(36)8-11-33-26(27)28(37)32-14-29(9-10-29)40-12-23(32)34(33)25-17-6-7-20(30)24(31)19(17)13-41-22-5-3-2-4-18(22)25;1-2-3/h4-10,13,25,27H,2-3,11-12,14-18H2,1H3;2*2-8,11,23,25H,9-10,12-15H2,1H3;2H,1H3/t25-,27+;2*23-,25+;/m111./s1. The lowest BCUT2D eigenvalue weighted by atomic mass is 9.93. The van der Waals surface area contributed by atoms with Gasteiger partial charge >= 0.3 is 18.1 Å². The SMILES string of the molecule is CC(=O)OCOc1c2n(ccc1=O)N([C@@H]1c3ccccc3SCc3c1ccc(F)c3F)[C@@H]1COC3(CC3)CN1C2=O.CC(=O)OCOc1c2n(ccc1=O)N([C@@H]1c3ccccc3SCc3c1ccc(F)c3F)[C@@H]1COC3(CC3)CN1C2=O.CC=O.CCCCOC(=O)OCOc1c2n(ccc1=O)N([C@@H]1c3ccccc3SCc3c1ccc(F)c3F)[C@@H]1COC3(CC3)CN1C2=O. The molecule has 3 aliphatic carbocycles. The number of nitrogens with zero attached hydrogens (tertiary/aromatic N) is 9. The normalized spacial score (nSPS) is 21.0. The smallest absolute Gasteiger partial charge is 0.451 e. The van der Waals surface area contributed by atoms with Crippen molar-refractivity contribution in [3.8, 4) is 17.2 Å². The third-order valence-electron chi connectivity index (χ3n) is 24.8. The first-order chi connectivity index (χ1) is 62.8. The number of aldehydes is 1. The predicted molar refractivity (Wildman–Crippen MR) is 457 cm³/mol. The third-order valence-corrected chi connectivity index (χ3v) is 28.2. The van der Waals surface area contributed by atoms with Gasteiger partial charge in [-0.05, 0) is 122 Å². The number of halogens is 6. The third kappa shape index (κ3) is 16.4. The first-order valence-corrected chi connectivity index (χ1v) is 45.1. The van der Waals surface area contributed by atoms with Crippen molar-refractivity contribution < 1.29 is 107 Å². The number of amides is 3. The number of unbranched alkanes of at least 4 members (excludes halogenated alkanes) is 1. The molecule has 9 aliphatic heterocycles. The zero-order chi connectivity index (χ0) is 90.9. The van der Waals surface area contributed by atoms with Crippen molar-refractivity contribution in [1.82, 2.24) is 28.7 Å². The van der Waals surface area contributed by atoms with Crippen molar-refractivity contribution in [3.63, 3.8) is 0 Å². The van der Waals surface area contributed by atoms with Crippen molar-refractivity contribution in [3.05, 3.63) is 279 Å². The topological polar surface area (TPSA) is 297 Å². The van der Waals surface area contributed by atoms with Crippen LogP contribution in [0.15, 0.2) is 175 Å². The molecule has 38 heteroatoms. The van der Waals surface area contributed by atoms with Gasteiger partial charge in [-0.3, -0.25) is 67.4 Å². The summed E-state index contributed by atoms with van der Waals surface area (Å²) in [6.45, 7) is 5.61. The molecule has 3 saturated heterocycles. The largest absolute Gasteiger partial charge is 0.511 e. The van der Waals surface area contributed by atoms with Crippen molar-refractivity contribution in [2.45, 2.75) is 164 Å². The number of carbonyl (C=O) groups excluding carboxylic acids is 7. The van der Waals surface area contributed by atoms with Gasteiger partial charge in [-0.15, -0.1) is 35.3 Å². The monoisotopic (exact) mass is 1850 g/mol. The summed E-state index contributed by atoms with van der Waals surface area (Å²) in [7, 11) is 0. The minimum Gasteiger partial charge on any atom is -0.451 e. The average Bonchev–Trinajstić information content (AvgIpc) is 1.32. The number of thioether (sulfide) groups is 3. The van der Waals surface area contributed by atoms with Gasteiger partial charge in [0.15, 0.2) is 52.0 Å². The van der Waals surface area contributed by atoms with Crippen molar-refractivity contribution in [2.75, 3.05) is 81.5 Å². The van der Waals surface area contributed by atoms with E-state index in [0.29, 0.717) is 36.2 Å². The molecule has 12 aliphatic rings. The van der Waals surface area contributed by atoms with Gasteiger partial charge in [-0.2, -0.15) is 0 Å². The Bertz CT molecular complexity index is 6030. The molecule has 3 saturated carbocycles. The summed E-state index contributed by atoms with van der Waals surface area (Å²) in [6, 6.07) is 32.6. The minimum atomic E-state index is -0.955. The molecule has 29 nitrogen and oxygen atoms in total. The summed E-state index contributed by atoms with van der Waals surface area (Å²) >= 11 is 4.21. The van der Waals surface area contributed by atoms with Gasteiger partial charge in [0.1, 0.15) is 24.8 Å². The molecule has 21 rings (SSSR count). The lowest BCUT2D eigenvalue weighted by Crippen LogP contribution is -2.68. The summed E-state index contributed by atoms with van der Waals surface area (Å²) in [4.78, 5) is 133. The van der Waals surface area contributed by atoms with Gasteiger partial charge in [0.25, 0.3) is 17.7 Å². The summed E-state index contributed by atoms with van der Waals surface area (Å²) in [6.07, 6.45) is 8.59. The maximum Gasteiger partial charge on any atom is 0.511 e. The highest BCUT2D eigenvalue weighted by molar-refractivity contribution is 7.99. The lowest BCUT2D eigenvalue weighted by molar-refractivity contribution is -0.148. The molecule has 12 heterocycles. The number of benzene rings is 6. The van der Waals surface area contributed by atoms with Crippen LogP contribution in [0.3, 0.4) is 0 Å². The Morgan fingerprint density at radius 3 is 1.02 bits per heavy atom. The Balaban J connectivity index is 0.000000129. The molecule has 130 heavy (non-hydrogen) atoms. The molecule has 0 N–H and O–H groups in total. The molecular formula is C92H85F6N9O20S3. The van der Waals surface area contributed by atoms with Gasteiger partial charge in [0.05, 0.1) is 81.0 Å².